The number of aryl methyl sites for hydroxylation is 1. The summed E-state index contributed by atoms with van der Waals surface area (Å²) in [5.74, 6) is 0. The van der Waals surface area contributed by atoms with Gasteiger partial charge in [-0.05, 0) is 49.3 Å². The Morgan fingerprint density at radius 1 is 0.611 bits per heavy atom. The normalized spacial score (nSPS) is 18.1. The van der Waals surface area contributed by atoms with Crippen molar-refractivity contribution in [1.29, 1.82) is 0 Å². The molecule has 5 heteroatoms. The highest BCUT2D eigenvalue weighted by Crippen LogP contribution is 2.36. The Hall–Kier alpha value is -4.35. The van der Waals surface area contributed by atoms with E-state index in [1.54, 1.807) is 6.92 Å². The molecule has 4 nitrogen and oxygen atoms in total. The summed E-state index contributed by atoms with van der Waals surface area (Å²) in [4.78, 5) is -0.346. The Kier molecular flexibility index (Phi) is 2.26. The molecular weight excluding hydrogens is 464 g/mol. The maximum Gasteiger partial charge on any atom is 0.268 e. The van der Waals surface area contributed by atoms with E-state index >= 15 is 0 Å². The molecule has 7 aromatic rings. The minimum atomic E-state index is -4.86. The summed E-state index contributed by atoms with van der Waals surface area (Å²) in [6.45, 7) is 1.71. The Labute approximate surface area is 229 Å². The molecule has 0 N–H and O–H groups in total. The van der Waals surface area contributed by atoms with Gasteiger partial charge in [0.05, 0.1) is 47.5 Å². The zero-order chi connectivity index (χ0) is 37.5. The lowest BCUT2D eigenvalue weighted by molar-refractivity contribution is 0.590. The second-order valence-corrected chi connectivity index (χ2v) is 9.82. The molecule has 0 saturated heterocycles. The number of aromatic nitrogens is 2. The van der Waals surface area contributed by atoms with Crippen molar-refractivity contribution in [3.05, 3.63) is 120 Å². The molecule has 7 rings (SSSR count). The summed E-state index contributed by atoms with van der Waals surface area (Å²) in [7, 11) is -4.86. The van der Waals surface area contributed by atoms with Gasteiger partial charge in [-0.2, -0.15) is 0 Å². The summed E-state index contributed by atoms with van der Waals surface area (Å²) >= 11 is 0. The van der Waals surface area contributed by atoms with Crippen molar-refractivity contribution < 1.29 is 29.0 Å². The highest BCUT2D eigenvalue weighted by Gasteiger charge is 2.24. The number of benzene rings is 5. The van der Waals surface area contributed by atoms with Crippen LogP contribution >= 0.6 is 0 Å². The molecule has 0 aliphatic carbocycles. The Bertz CT molecular complexity index is 2800. The van der Waals surface area contributed by atoms with Crippen molar-refractivity contribution in [2.75, 3.05) is 0 Å². The van der Waals surface area contributed by atoms with Crippen LogP contribution in [0.2, 0.25) is 0 Å². The number of para-hydroxylation sites is 3. The maximum absolute atomic E-state index is 14.5. The quantitative estimate of drug-likeness (QED) is 0.253. The van der Waals surface area contributed by atoms with Gasteiger partial charge in [0.2, 0.25) is 0 Å². The molecule has 0 saturated carbocycles. The highest BCUT2D eigenvalue weighted by atomic mass is 32.2. The smallest absolute Gasteiger partial charge is 0.268 e. The molecule has 2 aromatic heterocycles. The van der Waals surface area contributed by atoms with Gasteiger partial charge in [-0.15, -0.1) is 0 Å². The molecular formula is C31H22N2O2S. The van der Waals surface area contributed by atoms with Gasteiger partial charge < -0.3 is 4.57 Å². The van der Waals surface area contributed by atoms with Crippen LogP contribution in [-0.2, 0) is 10.0 Å². The Morgan fingerprint density at radius 3 is 1.72 bits per heavy atom. The Morgan fingerprint density at radius 2 is 1.11 bits per heavy atom. The second-order valence-electron chi connectivity index (χ2n) is 8.04. The van der Waals surface area contributed by atoms with E-state index in [1.807, 2.05) is 0 Å². The first-order valence-corrected chi connectivity index (χ1v) is 12.1. The van der Waals surface area contributed by atoms with E-state index < -0.39 is 139 Å². The van der Waals surface area contributed by atoms with Gasteiger partial charge in [0.25, 0.3) is 10.0 Å². The minimum Gasteiger partial charge on any atom is -0.309 e. The third-order valence-corrected chi connectivity index (χ3v) is 7.63. The number of hydrogen-bond acceptors (Lipinski definition) is 2. The standard InChI is InChI=1S/C31H22N2O2S/c1-21-14-17-23(18-15-21)36(34,35)33-30-13-7-4-10-26(30)27-19-16-22(20-31(27)33)32-28-11-5-2-8-24(28)25-9-3-6-12-29(25)32/h2-20H,1H3/i2D,3D,4D,5D,6D,7D,8D,9D,10D,11D,12D,13D,16D,19D,20D. The molecule has 174 valence electrons. The molecule has 0 aliphatic rings. The van der Waals surface area contributed by atoms with E-state index in [4.69, 9.17) is 17.8 Å². The van der Waals surface area contributed by atoms with Crippen LogP contribution in [0.15, 0.2) is 120 Å². The van der Waals surface area contributed by atoms with Gasteiger partial charge in [0.15, 0.2) is 0 Å². The number of rotatable bonds is 3. The molecule has 0 radical (unpaired) electrons. The van der Waals surface area contributed by atoms with Gasteiger partial charge in [-0.25, -0.2) is 12.4 Å². The monoisotopic (exact) mass is 501 g/mol. The van der Waals surface area contributed by atoms with Crippen LogP contribution < -0.4 is 0 Å². The largest absolute Gasteiger partial charge is 0.309 e. The molecule has 0 aliphatic heterocycles. The van der Waals surface area contributed by atoms with Crippen molar-refractivity contribution in [2.45, 2.75) is 11.8 Å². The van der Waals surface area contributed by atoms with Crippen molar-refractivity contribution in [3.8, 4) is 5.69 Å². The van der Waals surface area contributed by atoms with Crippen LogP contribution in [0.3, 0.4) is 0 Å². The number of nitrogens with zero attached hydrogens (tertiary/aromatic N) is 2. The van der Waals surface area contributed by atoms with E-state index in [9.17, 15) is 11.2 Å². The average Bonchev–Trinajstić information content (AvgIpc) is 3.65. The lowest BCUT2D eigenvalue weighted by Crippen LogP contribution is -2.13. The van der Waals surface area contributed by atoms with Crippen molar-refractivity contribution in [3.63, 3.8) is 0 Å². The molecule has 0 spiro atoms. The van der Waals surface area contributed by atoms with Gasteiger partial charge in [0, 0.05) is 27.2 Å². The average molecular weight is 502 g/mol. The van der Waals surface area contributed by atoms with E-state index in [0.717, 1.165) is 4.57 Å². The first-order valence-electron chi connectivity index (χ1n) is 18.2. The zero-order valence-electron chi connectivity index (χ0n) is 33.4. The fourth-order valence-corrected chi connectivity index (χ4v) is 5.73. The zero-order valence-corrected chi connectivity index (χ0v) is 19.2. The topological polar surface area (TPSA) is 44.0 Å². The summed E-state index contributed by atoms with van der Waals surface area (Å²) in [5.41, 5.74) is -2.23. The van der Waals surface area contributed by atoms with E-state index in [2.05, 4.69) is 0 Å². The molecule has 0 amide bonds. The summed E-state index contributed by atoms with van der Waals surface area (Å²) in [5, 5.41) is -1.70. The second kappa shape index (κ2) is 7.57. The van der Waals surface area contributed by atoms with Crippen molar-refractivity contribution >= 4 is 53.6 Å². The molecule has 0 unspecified atom stereocenters. The van der Waals surface area contributed by atoms with Gasteiger partial charge >= 0.3 is 0 Å². The van der Waals surface area contributed by atoms with E-state index in [-0.39, 0.29) is 15.7 Å². The molecule has 5 aromatic carbocycles. The fraction of sp³-hybridized carbons (Fsp3) is 0.0323. The van der Waals surface area contributed by atoms with Gasteiger partial charge in [-0.1, -0.05) is 78.1 Å². The summed E-state index contributed by atoms with van der Waals surface area (Å²) in [6, 6.07) is -6.14. The van der Waals surface area contributed by atoms with Crippen LogP contribution in [0.1, 0.15) is 26.1 Å². The first kappa shape index (κ1) is 10.7. The predicted molar refractivity (Wildman–Crippen MR) is 148 cm³/mol. The molecule has 0 atom stereocenters. The van der Waals surface area contributed by atoms with Gasteiger partial charge in [0.1, 0.15) is 0 Å². The van der Waals surface area contributed by atoms with Crippen LogP contribution in [-0.4, -0.2) is 17.0 Å². The SMILES string of the molecule is [2H]c1c([2H])c([2H])c2c(c1[2H])c1c([2H])c([2H])c([2H])c([2H])c1n2-c1c([2H])c([2H])c2c3c([2H])c([2H])c([2H])c([2H])c3n(S(=O)(=O)c3ccc(C)cc3)c2c1[2H]. The minimum absolute atomic E-state index is 0.346. The molecule has 0 bridgehead atoms. The Balaban J connectivity index is 1.84. The third-order valence-electron chi connectivity index (χ3n) is 5.92. The van der Waals surface area contributed by atoms with Crippen LogP contribution in [0.4, 0.5) is 0 Å². The number of fused-ring (bicyclic) bond motifs is 6. The highest BCUT2D eigenvalue weighted by molar-refractivity contribution is 7.90. The molecule has 2 heterocycles. The van der Waals surface area contributed by atoms with E-state index in [1.165, 1.54) is 24.3 Å². The predicted octanol–water partition coefficient (Wildman–Crippen LogP) is 7.44. The summed E-state index contributed by atoms with van der Waals surface area (Å²) in [6.07, 6.45) is 0. The third kappa shape index (κ3) is 2.90. The van der Waals surface area contributed by atoms with Crippen LogP contribution in [0, 0.1) is 6.92 Å². The van der Waals surface area contributed by atoms with Crippen molar-refractivity contribution in [2.24, 2.45) is 0 Å². The summed E-state index contributed by atoms with van der Waals surface area (Å²) < 4.78 is 161. The van der Waals surface area contributed by atoms with Crippen LogP contribution in [0.5, 0.6) is 0 Å². The molecule has 0 fully saturated rings. The van der Waals surface area contributed by atoms with Crippen LogP contribution in [0.25, 0.3) is 49.3 Å². The first-order chi connectivity index (χ1) is 23.8. The molecule has 36 heavy (non-hydrogen) atoms. The number of hydrogen-bond donors (Lipinski definition) is 0. The maximum atomic E-state index is 14.5. The lowest BCUT2D eigenvalue weighted by atomic mass is 10.1. The van der Waals surface area contributed by atoms with E-state index in [0.29, 0.717) is 9.54 Å². The lowest BCUT2D eigenvalue weighted by Gasteiger charge is -2.12. The van der Waals surface area contributed by atoms with Crippen molar-refractivity contribution in [1.82, 2.24) is 8.54 Å². The fourth-order valence-electron chi connectivity index (χ4n) is 4.28. The van der Waals surface area contributed by atoms with Gasteiger partial charge in [-0.3, -0.25) is 0 Å².